The average molecular weight is 530 g/mol. The van der Waals surface area contributed by atoms with Gasteiger partial charge in [-0.15, -0.1) is 24.0 Å². The van der Waals surface area contributed by atoms with Gasteiger partial charge in [0.2, 0.25) is 0 Å². The fourth-order valence-electron chi connectivity index (χ4n) is 4.64. The zero-order valence-corrected chi connectivity index (χ0v) is 21.4. The third-order valence-electron chi connectivity index (χ3n) is 6.08. The molecule has 5 nitrogen and oxygen atoms in total. The van der Waals surface area contributed by atoms with Gasteiger partial charge in [0, 0.05) is 45.1 Å². The zero-order chi connectivity index (χ0) is 20.7. The van der Waals surface area contributed by atoms with Gasteiger partial charge in [0.05, 0.1) is 19.3 Å². The number of likely N-dealkylation sites (tertiary alicyclic amines) is 1. The minimum absolute atomic E-state index is 0. The van der Waals surface area contributed by atoms with E-state index in [4.69, 9.17) is 9.47 Å². The highest BCUT2D eigenvalue weighted by Gasteiger charge is 2.35. The minimum atomic E-state index is 0. The third-order valence-corrected chi connectivity index (χ3v) is 6.08. The number of halogens is 1. The molecule has 30 heavy (non-hydrogen) atoms. The van der Waals surface area contributed by atoms with Crippen LogP contribution in [0.2, 0.25) is 0 Å². The molecule has 0 bridgehead atoms. The summed E-state index contributed by atoms with van der Waals surface area (Å²) in [5.41, 5.74) is 1.41. The lowest BCUT2D eigenvalue weighted by Gasteiger charge is -2.40. The maximum absolute atomic E-state index is 6.13. The molecule has 1 aromatic carbocycles. The summed E-state index contributed by atoms with van der Waals surface area (Å²) >= 11 is 0. The van der Waals surface area contributed by atoms with Crippen molar-refractivity contribution in [2.75, 3.05) is 39.9 Å². The van der Waals surface area contributed by atoms with E-state index in [1.807, 2.05) is 13.1 Å². The lowest BCUT2D eigenvalue weighted by atomic mass is 9.78. The molecule has 0 saturated carbocycles. The van der Waals surface area contributed by atoms with Crippen LogP contribution < -0.4 is 5.32 Å². The summed E-state index contributed by atoms with van der Waals surface area (Å²) in [7, 11) is 1.89. The van der Waals surface area contributed by atoms with Crippen LogP contribution in [0.4, 0.5) is 0 Å². The number of hydrogen-bond acceptors (Lipinski definition) is 3. The van der Waals surface area contributed by atoms with Crippen LogP contribution in [0.15, 0.2) is 35.3 Å². The molecule has 2 saturated heterocycles. The zero-order valence-electron chi connectivity index (χ0n) is 19.1. The van der Waals surface area contributed by atoms with Gasteiger partial charge >= 0.3 is 0 Å². The van der Waals surface area contributed by atoms with Crippen molar-refractivity contribution in [1.29, 1.82) is 0 Å². The molecule has 2 fully saturated rings. The fraction of sp³-hybridized carbons (Fsp3) is 0.708. The van der Waals surface area contributed by atoms with E-state index in [2.05, 4.69) is 60.2 Å². The predicted molar refractivity (Wildman–Crippen MR) is 134 cm³/mol. The lowest BCUT2D eigenvalue weighted by Crippen LogP contribution is -2.48. The molecule has 1 N–H and O–H groups in total. The molecule has 6 heteroatoms. The molecule has 0 radical (unpaired) electrons. The van der Waals surface area contributed by atoms with Crippen LogP contribution in [0.5, 0.6) is 0 Å². The van der Waals surface area contributed by atoms with Crippen molar-refractivity contribution in [2.45, 2.75) is 52.7 Å². The summed E-state index contributed by atoms with van der Waals surface area (Å²) in [4.78, 5) is 6.94. The van der Waals surface area contributed by atoms with E-state index in [1.54, 1.807) is 0 Å². The number of nitrogens with one attached hydrogen (secondary N) is 1. The lowest BCUT2D eigenvalue weighted by molar-refractivity contribution is -0.0836. The standard InChI is InChI=1S/C24H39N3O2.HI/c1-24(2,3)22-21(11-8-14-29-22)15-26-23(25-4)27-13-12-20(16-27)18-28-17-19-9-6-5-7-10-19;/h5-7,9-10,20-22H,8,11-18H2,1-4H3,(H,25,26);1H. The van der Waals surface area contributed by atoms with Crippen LogP contribution in [0.25, 0.3) is 0 Å². The fourth-order valence-corrected chi connectivity index (χ4v) is 4.64. The molecule has 0 amide bonds. The van der Waals surface area contributed by atoms with Crippen molar-refractivity contribution < 1.29 is 9.47 Å². The molecular formula is C24H40IN3O2. The minimum Gasteiger partial charge on any atom is -0.377 e. The molecule has 1 aromatic rings. The molecule has 3 atom stereocenters. The van der Waals surface area contributed by atoms with E-state index in [0.29, 0.717) is 24.5 Å². The Kier molecular flexibility index (Phi) is 10.4. The first-order chi connectivity index (χ1) is 14.0. The Hall–Kier alpha value is -0.860. The molecule has 3 rings (SSSR count). The molecular weight excluding hydrogens is 489 g/mol. The van der Waals surface area contributed by atoms with Gasteiger partial charge in [0.1, 0.15) is 0 Å². The van der Waals surface area contributed by atoms with E-state index in [9.17, 15) is 0 Å². The van der Waals surface area contributed by atoms with Crippen LogP contribution in [0.3, 0.4) is 0 Å². The van der Waals surface area contributed by atoms with Crippen LogP contribution in [0.1, 0.15) is 45.6 Å². The van der Waals surface area contributed by atoms with Crippen molar-refractivity contribution in [3.63, 3.8) is 0 Å². The van der Waals surface area contributed by atoms with E-state index >= 15 is 0 Å². The summed E-state index contributed by atoms with van der Waals surface area (Å²) in [6.07, 6.45) is 3.84. The first-order valence-electron chi connectivity index (χ1n) is 11.2. The molecule has 2 aliphatic heterocycles. The number of nitrogens with zero attached hydrogens (tertiary/aromatic N) is 2. The quantitative estimate of drug-likeness (QED) is 0.334. The van der Waals surface area contributed by atoms with Crippen molar-refractivity contribution >= 4 is 29.9 Å². The summed E-state index contributed by atoms with van der Waals surface area (Å²) in [5.74, 6) is 2.12. The molecule has 0 aromatic heterocycles. The normalized spacial score (nSPS) is 25.1. The Morgan fingerprint density at radius 1 is 1.23 bits per heavy atom. The first kappa shape index (κ1) is 25.4. The average Bonchev–Trinajstić information content (AvgIpc) is 3.17. The Balaban J connectivity index is 0.00000320. The van der Waals surface area contributed by atoms with Gasteiger partial charge < -0.3 is 19.7 Å². The third kappa shape index (κ3) is 7.38. The first-order valence-corrected chi connectivity index (χ1v) is 11.2. The number of rotatable bonds is 6. The topological polar surface area (TPSA) is 46.1 Å². The second-order valence-electron chi connectivity index (χ2n) is 9.59. The van der Waals surface area contributed by atoms with E-state index < -0.39 is 0 Å². The molecule has 2 aliphatic rings. The Bertz CT molecular complexity index is 648. The van der Waals surface area contributed by atoms with E-state index in [1.165, 1.54) is 12.0 Å². The van der Waals surface area contributed by atoms with Crippen molar-refractivity contribution in [3.8, 4) is 0 Å². The number of guanidine groups is 1. The molecule has 2 heterocycles. The SMILES string of the molecule is CN=C(NCC1CCCOC1C(C)(C)C)N1CCC(COCc2ccccc2)C1.I. The number of benzene rings is 1. The van der Waals surface area contributed by atoms with Gasteiger partial charge in [-0.1, -0.05) is 51.1 Å². The van der Waals surface area contributed by atoms with E-state index in [-0.39, 0.29) is 29.4 Å². The smallest absolute Gasteiger partial charge is 0.193 e. The van der Waals surface area contributed by atoms with Gasteiger partial charge in [0.25, 0.3) is 0 Å². The maximum Gasteiger partial charge on any atom is 0.193 e. The summed E-state index contributed by atoms with van der Waals surface area (Å²) in [6.45, 7) is 12.2. The highest BCUT2D eigenvalue weighted by molar-refractivity contribution is 14.0. The molecule has 0 aliphatic carbocycles. The van der Waals surface area contributed by atoms with Crippen LogP contribution in [0, 0.1) is 17.3 Å². The van der Waals surface area contributed by atoms with E-state index in [0.717, 1.165) is 51.6 Å². The largest absolute Gasteiger partial charge is 0.377 e. The molecule has 3 unspecified atom stereocenters. The van der Waals surface area contributed by atoms with Gasteiger partial charge in [-0.25, -0.2) is 0 Å². The highest BCUT2D eigenvalue weighted by atomic mass is 127. The van der Waals surface area contributed by atoms with Gasteiger partial charge in [0.15, 0.2) is 5.96 Å². The number of aliphatic imine (C=N–C) groups is 1. The second kappa shape index (κ2) is 12.2. The van der Waals surface area contributed by atoms with Gasteiger partial charge in [-0.05, 0) is 30.2 Å². The maximum atomic E-state index is 6.13. The van der Waals surface area contributed by atoms with Crippen LogP contribution >= 0.6 is 24.0 Å². The van der Waals surface area contributed by atoms with Crippen molar-refractivity contribution in [3.05, 3.63) is 35.9 Å². The van der Waals surface area contributed by atoms with Crippen molar-refractivity contribution in [2.24, 2.45) is 22.2 Å². The monoisotopic (exact) mass is 529 g/mol. The summed E-state index contributed by atoms with van der Waals surface area (Å²) in [6, 6.07) is 10.4. The van der Waals surface area contributed by atoms with Crippen LogP contribution in [-0.2, 0) is 16.1 Å². The molecule has 0 spiro atoms. The summed E-state index contributed by atoms with van der Waals surface area (Å²) < 4.78 is 12.1. The predicted octanol–water partition coefficient (Wildman–Crippen LogP) is 4.56. The molecule has 170 valence electrons. The Labute approximate surface area is 200 Å². The van der Waals surface area contributed by atoms with Crippen LogP contribution in [-0.4, -0.2) is 56.9 Å². The number of hydrogen-bond donors (Lipinski definition) is 1. The Morgan fingerprint density at radius 2 is 2.00 bits per heavy atom. The highest BCUT2D eigenvalue weighted by Crippen LogP contribution is 2.33. The van der Waals surface area contributed by atoms with Crippen molar-refractivity contribution in [1.82, 2.24) is 10.2 Å². The van der Waals surface area contributed by atoms with Gasteiger partial charge in [-0.2, -0.15) is 0 Å². The number of ether oxygens (including phenoxy) is 2. The summed E-state index contributed by atoms with van der Waals surface area (Å²) in [5, 5.41) is 3.64. The van der Waals surface area contributed by atoms with Gasteiger partial charge in [-0.3, -0.25) is 4.99 Å². The second-order valence-corrected chi connectivity index (χ2v) is 9.59. The Morgan fingerprint density at radius 3 is 2.70 bits per heavy atom.